The second-order valence-electron chi connectivity index (χ2n) is 4.18. The molecule has 1 aromatic carbocycles. The fourth-order valence-electron chi connectivity index (χ4n) is 1.85. The van der Waals surface area contributed by atoms with Gasteiger partial charge in [0.1, 0.15) is 0 Å². The van der Waals surface area contributed by atoms with E-state index in [1.807, 2.05) is 0 Å². The van der Waals surface area contributed by atoms with Crippen molar-refractivity contribution in [3.05, 3.63) is 23.8 Å². The van der Waals surface area contributed by atoms with Crippen LogP contribution in [0.1, 0.15) is 31.4 Å². The first-order chi connectivity index (χ1) is 9.10. The molecule has 1 heterocycles. The van der Waals surface area contributed by atoms with Gasteiger partial charge in [0, 0.05) is 6.42 Å². The Morgan fingerprint density at radius 1 is 1.37 bits per heavy atom. The Bertz CT molecular complexity index is 500. The molecule has 0 spiro atoms. The molecule has 0 aliphatic carbocycles. The van der Waals surface area contributed by atoms with Crippen LogP contribution in [0.5, 0.6) is 11.5 Å². The van der Waals surface area contributed by atoms with Crippen molar-refractivity contribution in [2.45, 2.75) is 25.8 Å². The van der Waals surface area contributed by atoms with Crippen molar-refractivity contribution in [1.29, 1.82) is 0 Å². The number of carbonyl (C=O) groups is 2. The van der Waals surface area contributed by atoms with Gasteiger partial charge >= 0.3 is 5.97 Å². The molecule has 0 bridgehead atoms. The zero-order chi connectivity index (χ0) is 13.8. The van der Waals surface area contributed by atoms with Crippen molar-refractivity contribution in [2.24, 2.45) is 0 Å². The Morgan fingerprint density at radius 2 is 2.11 bits per heavy atom. The lowest BCUT2D eigenvalue weighted by molar-refractivity contribution is -0.137. The molecule has 1 unspecified atom stereocenters. The van der Waals surface area contributed by atoms with Crippen LogP contribution in [0.3, 0.4) is 0 Å². The highest BCUT2D eigenvalue weighted by molar-refractivity contribution is 5.77. The Labute approximate surface area is 110 Å². The van der Waals surface area contributed by atoms with Gasteiger partial charge in [-0.2, -0.15) is 0 Å². The first-order valence-electron chi connectivity index (χ1n) is 6.01. The summed E-state index contributed by atoms with van der Waals surface area (Å²) in [6, 6.07) is 4.58. The zero-order valence-corrected chi connectivity index (χ0v) is 10.5. The molecular formula is C13H15NO5. The van der Waals surface area contributed by atoms with Gasteiger partial charge in [0.25, 0.3) is 0 Å². The van der Waals surface area contributed by atoms with E-state index < -0.39 is 12.0 Å². The van der Waals surface area contributed by atoms with Crippen molar-refractivity contribution < 1.29 is 24.2 Å². The summed E-state index contributed by atoms with van der Waals surface area (Å²) in [5.74, 6) is 0.0290. The van der Waals surface area contributed by atoms with Crippen molar-refractivity contribution >= 4 is 11.9 Å². The van der Waals surface area contributed by atoms with E-state index in [4.69, 9.17) is 14.6 Å². The summed E-state index contributed by atoms with van der Waals surface area (Å²) >= 11 is 0. The van der Waals surface area contributed by atoms with Crippen LogP contribution in [0.25, 0.3) is 0 Å². The molecule has 0 fully saturated rings. The molecular weight excluding hydrogens is 250 g/mol. The molecule has 102 valence electrons. The molecule has 6 nitrogen and oxygen atoms in total. The smallest absolute Gasteiger partial charge is 0.305 e. The highest BCUT2D eigenvalue weighted by Crippen LogP contribution is 2.34. The van der Waals surface area contributed by atoms with Gasteiger partial charge in [0.05, 0.1) is 12.5 Å². The molecule has 2 rings (SSSR count). The Balaban J connectivity index is 2.21. The van der Waals surface area contributed by atoms with Gasteiger partial charge in [-0.05, 0) is 17.7 Å². The van der Waals surface area contributed by atoms with Gasteiger partial charge < -0.3 is 19.9 Å². The van der Waals surface area contributed by atoms with Crippen LogP contribution in [0.2, 0.25) is 0 Å². The summed E-state index contributed by atoms with van der Waals surface area (Å²) in [5.41, 5.74) is 0.688. The van der Waals surface area contributed by atoms with Gasteiger partial charge in [-0.25, -0.2) is 0 Å². The number of hydrogen-bond donors (Lipinski definition) is 2. The maximum atomic E-state index is 11.5. The topological polar surface area (TPSA) is 84.9 Å². The number of nitrogens with one attached hydrogen (secondary N) is 1. The molecule has 2 N–H and O–H groups in total. The van der Waals surface area contributed by atoms with Crippen LogP contribution in [0.15, 0.2) is 18.2 Å². The van der Waals surface area contributed by atoms with Crippen molar-refractivity contribution in [2.75, 3.05) is 6.79 Å². The summed E-state index contributed by atoms with van der Waals surface area (Å²) in [6.45, 7) is 1.87. The number of fused-ring (bicyclic) bond motifs is 1. The van der Waals surface area contributed by atoms with Gasteiger partial charge in [0.15, 0.2) is 11.5 Å². The van der Waals surface area contributed by atoms with E-state index >= 15 is 0 Å². The fraction of sp³-hybridized carbons (Fsp3) is 0.385. The lowest BCUT2D eigenvalue weighted by Crippen LogP contribution is -2.29. The molecule has 1 atom stereocenters. The van der Waals surface area contributed by atoms with E-state index in [1.165, 1.54) is 0 Å². The zero-order valence-electron chi connectivity index (χ0n) is 10.5. The number of carboxylic acid groups (broad SMARTS) is 1. The van der Waals surface area contributed by atoms with Gasteiger partial charge in [-0.1, -0.05) is 13.0 Å². The Kier molecular flexibility index (Phi) is 3.89. The SMILES string of the molecule is CCC(=O)NC(CC(=O)O)c1ccc2c(c1)OCO2. The predicted octanol–water partition coefficient (Wildman–Crippen LogP) is 1.46. The number of carboxylic acids is 1. The van der Waals surface area contributed by atoms with Gasteiger partial charge in [-0.3, -0.25) is 9.59 Å². The molecule has 1 aromatic rings. The average Bonchev–Trinajstić information content (AvgIpc) is 2.84. The molecule has 1 amide bonds. The summed E-state index contributed by atoms with van der Waals surface area (Å²) in [5, 5.41) is 11.6. The third-order valence-corrected chi connectivity index (χ3v) is 2.83. The average molecular weight is 265 g/mol. The highest BCUT2D eigenvalue weighted by Gasteiger charge is 2.21. The largest absolute Gasteiger partial charge is 0.481 e. The van der Waals surface area contributed by atoms with E-state index in [0.717, 1.165) is 0 Å². The molecule has 0 radical (unpaired) electrons. The Morgan fingerprint density at radius 3 is 2.79 bits per heavy atom. The lowest BCUT2D eigenvalue weighted by atomic mass is 10.0. The van der Waals surface area contributed by atoms with Crippen molar-refractivity contribution in [3.63, 3.8) is 0 Å². The third kappa shape index (κ3) is 3.15. The van der Waals surface area contributed by atoms with Crippen LogP contribution in [0.4, 0.5) is 0 Å². The Hall–Kier alpha value is -2.24. The molecule has 0 saturated carbocycles. The summed E-state index contributed by atoms with van der Waals surface area (Å²) in [7, 11) is 0. The normalized spacial score (nSPS) is 13.9. The second-order valence-corrected chi connectivity index (χ2v) is 4.18. The van der Waals surface area contributed by atoms with Crippen LogP contribution in [0, 0.1) is 0 Å². The second kappa shape index (κ2) is 5.60. The summed E-state index contributed by atoms with van der Waals surface area (Å²) in [6.07, 6.45) is 0.131. The van der Waals surface area contributed by atoms with Crippen molar-refractivity contribution in [3.8, 4) is 11.5 Å². The number of carbonyl (C=O) groups excluding carboxylic acids is 1. The van der Waals surface area contributed by atoms with Crippen LogP contribution in [-0.4, -0.2) is 23.8 Å². The number of benzene rings is 1. The van der Waals surface area contributed by atoms with Gasteiger partial charge in [0.2, 0.25) is 12.7 Å². The molecule has 1 aliphatic rings. The summed E-state index contributed by atoms with van der Waals surface area (Å²) < 4.78 is 10.4. The lowest BCUT2D eigenvalue weighted by Gasteiger charge is -2.17. The van der Waals surface area contributed by atoms with E-state index in [0.29, 0.717) is 23.5 Å². The number of ether oxygens (including phenoxy) is 2. The van der Waals surface area contributed by atoms with Crippen LogP contribution >= 0.6 is 0 Å². The first-order valence-corrected chi connectivity index (χ1v) is 6.01. The van der Waals surface area contributed by atoms with E-state index in [2.05, 4.69) is 5.32 Å². The summed E-state index contributed by atoms with van der Waals surface area (Å²) in [4.78, 5) is 22.3. The van der Waals surface area contributed by atoms with Gasteiger partial charge in [-0.15, -0.1) is 0 Å². The number of amides is 1. The fourth-order valence-corrected chi connectivity index (χ4v) is 1.85. The predicted molar refractivity (Wildman–Crippen MR) is 66.0 cm³/mol. The maximum Gasteiger partial charge on any atom is 0.305 e. The minimum Gasteiger partial charge on any atom is -0.481 e. The third-order valence-electron chi connectivity index (χ3n) is 2.83. The highest BCUT2D eigenvalue weighted by atomic mass is 16.7. The van der Waals surface area contributed by atoms with Crippen LogP contribution < -0.4 is 14.8 Å². The number of rotatable bonds is 5. The van der Waals surface area contributed by atoms with Crippen LogP contribution in [-0.2, 0) is 9.59 Å². The molecule has 19 heavy (non-hydrogen) atoms. The monoisotopic (exact) mass is 265 g/mol. The first kappa shape index (κ1) is 13.2. The molecule has 6 heteroatoms. The van der Waals surface area contributed by atoms with Crippen molar-refractivity contribution in [1.82, 2.24) is 5.32 Å². The minimum atomic E-state index is -0.973. The van der Waals surface area contributed by atoms with E-state index in [-0.39, 0.29) is 19.1 Å². The maximum absolute atomic E-state index is 11.5. The molecule has 0 aromatic heterocycles. The number of hydrogen-bond acceptors (Lipinski definition) is 4. The standard InChI is InChI=1S/C13H15NO5/c1-2-12(15)14-9(6-13(16)17)8-3-4-10-11(5-8)19-7-18-10/h3-5,9H,2,6-7H2,1H3,(H,14,15)(H,16,17). The van der Waals surface area contributed by atoms with E-state index in [1.54, 1.807) is 25.1 Å². The molecule has 1 aliphatic heterocycles. The van der Waals surface area contributed by atoms with E-state index in [9.17, 15) is 9.59 Å². The number of aliphatic carboxylic acids is 1. The molecule has 0 saturated heterocycles. The minimum absolute atomic E-state index is 0.156. The quantitative estimate of drug-likeness (QED) is 0.841.